The lowest BCUT2D eigenvalue weighted by atomic mass is 10.2. The van der Waals surface area contributed by atoms with Crippen LogP contribution in [-0.4, -0.2) is 20.9 Å². The highest BCUT2D eigenvalue weighted by Gasteiger charge is 2.24. The average Bonchev–Trinajstić information content (AvgIpc) is 2.46. The molecule has 0 radical (unpaired) electrons. The first-order valence-electron chi connectivity index (χ1n) is 6.40. The monoisotopic (exact) mass is 340 g/mol. The summed E-state index contributed by atoms with van der Waals surface area (Å²) in [5.41, 5.74) is -0.137. The fraction of sp³-hybridized carbons (Fsp3) is 0.0714. The number of amides is 1. The second-order valence-electron chi connectivity index (χ2n) is 4.73. The van der Waals surface area contributed by atoms with Crippen molar-refractivity contribution >= 4 is 27.3 Å². The molecule has 0 unspecified atom stereocenters. The lowest BCUT2D eigenvalue weighted by Crippen LogP contribution is -2.26. The standard InChI is InChI=1S/C14H10F2N2O4S/c15-8-1-3-10(4-2-8)23(20,21)18-12-6-9(16)5-11-14(12)22-7-13(19)17-11/h1-6,18H,7H2,(H,17,19). The first kappa shape index (κ1) is 15.2. The first-order valence-corrected chi connectivity index (χ1v) is 7.88. The molecule has 0 aliphatic carbocycles. The first-order chi connectivity index (χ1) is 10.8. The Morgan fingerprint density at radius 3 is 2.48 bits per heavy atom. The highest BCUT2D eigenvalue weighted by molar-refractivity contribution is 7.92. The molecule has 1 aliphatic rings. The summed E-state index contributed by atoms with van der Waals surface area (Å²) in [6.45, 7) is -0.316. The van der Waals surface area contributed by atoms with Crippen molar-refractivity contribution in [1.29, 1.82) is 0 Å². The topological polar surface area (TPSA) is 84.5 Å². The Hall–Kier alpha value is -2.68. The molecule has 0 aromatic heterocycles. The summed E-state index contributed by atoms with van der Waals surface area (Å²) in [6, 6.07) is 6.08. The maximum Gasteiger partial charge on any atom is 0.262 e. The minimum absolute atomic E-state index is 0.0108. The number of carbonyl (C=O) groups is 1. The molecule has 2 N–H and O–H groups in total. The van der Waals surface area contributed by atoms with Gasteiger partial charge in [-0.15, -0.1) is 0 Å². The second kappa shape index (κ2) is 5.51. The predicted molar refractivity (Wildman–Crippen MR) is 77.7 cm³/mol. The average molecular weight is 340 g/mol. The van der Waals surface area contributed by atoms with E-state index < -0.39 is 27.6 Å². The van der Waals surface area contributed by atoms with Gasteiger partial charge in [0.1, 0.15) is 11.6 Å². The van der Waals surface area contributed by atoms with Crippen LogP contribution in [0, 0.1) is 11.6 Å². The number of anilines is 2. The third-order valence-corrected chi connectivity index (χ3v) is 4.43. The van der Waals surface area contributed by atoms with Crippen LogP contribution in [0.1, 0.15) is 0 Å². The van der Waals surface area contributed by atoms with Gasteiger partial charge < -0.3 is 10.1 Å². The molecule has 1 aliphatic heterocycles. The summed E-state index contributed by atoms with van der Waals surface area (Å²) < 4.78 is 58.4. The maximum absolute atomic E-state index is 13.6. The van der Waals surface area contributed by atoms with Gasteiger partial charge in [0.25, 0.3) is 15.9 Å². The molecule has 1 heterocycles. The van der Waals surface area contributed by atoms with Gasteiger partial charge in [-0.05, 0) is 24.3 Å². The van der Waals surface area contributed by atoms with Crippen molar-refractivity contribution < 1.29 is 26.7 Å². The molecule has 0 atom stereocenters. The number of rotatable bonds is 3. The Balaban J connectivity index is 1.99. The lowest BCUT2D eigenvalue weighted by molar-refractivity contribution is -0.118. The van der Waals surface area contributed by atoms with E-state index in [1.807, 2.05) is 0 Å². The number of fused-ring (bicyclic) bond motifs is 1. The van der Waals surface area contributed by atoms with Gasteiger partial charge in [0.15, 0.2) is 12.4 Å². The van der Waals surface area contributed by atoms with Gasteiger partial charge >= 0.3 is 0 Å². The van der Waals surface area contributed by atoms with Gasteiger partial charge in [0.2, 0.25) is 0 Å². The molecule has 0 spiro atoms. The number of nitrogens with one attached hydrogen (secondary N) is 2. The van der Waals surface area contributed by atoms with E-state index in [-0.39, 0.29) is 28.6 Å². The highest BCUT2D eigenvalue weighted by Crippen LogP contribution is 2.37. The fourth-order valence-corrected chi connectivity index (χ4v) is 3.11. The van der Waals surface area contributed by atoms with Crippen molar-refractivity contribution in [3.63, 3.8) is 0 Å². The Kier molecular flexibility index (Phi) is 3.64. The molecule has 23 heavy (non-hydrogen) atoms. The zero-order chi connectivity index (χ0) is 16.6. The normalized spacial score (nSPS) is 13.7. The summed E-state index contributed by atoms with van der Waals surface area (Å²) in [4.78, 5) is 11.1. The van der Waals surface area contributed by atoms with Crippen LogP contribution in [0.4, 0.5) is 20.2 Å². The third kappa shape index (κ3) is 3.09. The number of ether oxygens (including phenoxy) is 1. The van der Waals surface area contributed by atoms with Crippen LogP contribution in [0.2, 0.25) is 0 Å². The number of carbonyl (C=O) groups excluding carboxylic acids is 1. The summed E-state index contributed by atoms with van der Waals surface area (Å²) in [6.07, 6.45) is 0. The number of halogens is 2. The van der Waals surface area contributed by atoms with E-state index in [2.05, 4.69) is 10.0 Å². The van der Waals surface area contributed by atoms with E-state index >= 15 is 0 Å². The van der Waals surface area contributed by atoms with Gasteiger partial charge in [-0.2, -0.15) is 0 Å². The molecule has 0 fully saturated rings. The molecule has 2 aromatic carbocycles. The molecule has 120 valence electrons. The van der Waals surface area contributed by atoms with E-state index in [1.165, 1.54) is 0 Å². The number of benzene rings is 2. The zero-order valence-corrected chi connectivity index (χ0v) is 12.3. The van der Waals surface area contributed by atoms with Gasteiger partial charge in [0.05, 0.1) is 16.3 Å². The number of sulfonamides is 1. The van der Waals surface area contributed by atoms with Gasteiger partial charge in [-0.1, -0.05) is 0 Å². The van der Waals surface area contributed by atoms with Crippen LogP contribution in [0.15, 0.2) is 41.3 Å². The van der Waals surface area contributed by atoms with Crippen molar-refractivity contribution in [2.45, 2.75) is 4.90 Å². The van der Waals surface area contributed by atoms with Crippen LogP contribution >= 0.6 is 0 Å². The van der Waals surface area contributed by atoms with Crippen LogP contribution in [0.3, 0.4) is 0 Å². The summed E-state index contributed by atoms with van der Waals surface area (Å²) in [5.74, 6) is -1.81. The van der Waals surface area contributed by atoms with Crippen LogP contribution in [0.5, 0.6) is 5.75 Å². The fourth-order valence-electron chi connectivity index (χ4n) is 2.06. The van der Waals surface area contributed by atoms with E-state index in [4.69, 9.17) is 4.74 Å². The van der Waals surface area contributed by atoms with Crippen LogP contribution in [-0.2, 0) is 14.8 Å². The van der Waals surface area contributed by atoms with E-state index in [0.717, 1.165) is 36.4 Å². The van der Waals surface area contributed by atoms with Crippen molar-refractivity contribution in [3.8, 4) is 5.75 Å². The lowest BCUT2D eigenvalue weighted by Gasteiger charge is -2.21. The quantitative estimate of drug-likeness (QED) is 0.896. The van der Waals surface area contributed by atoms with Gasteiger partial charge in [0, 0.05) is 12.1 Å². The zero-order valence-electron chi connectivity index (χ0n) is 11.5. The maximum atomic E-state index is 13.6. The molecule has 0 saturated heterocycles. The minimum atomic E-state index is -4.07. The molecular formula is C14H10F2N2O4S. The third-order valence-electron chi connectivity index (χ3n) is 3.04. The predicted octanol–water partition coefficient (Wildman–Crippen LogP) is 2.10. The molecule has 2 aromatic rings. The molecule has 9 heteroatoms. The summed E-state index contributed by atoms with van der Waals surface area (Å²) >= 11 is 0. The molecule has 0 bridgehead atoms. The smallest absolute Gasteiger partial charge is 0.262 e. The molecular weight excluding hydrogens is 330 g/mol. The van der Waals surface area contributed by atoms with Crippen LogP contribution < -0.4 is 14.8 Å². The largest absolute Gasteiger partial charge is 0.479 e. The van der Waals surface area contributed by atoms with Crippen LogP contribution in [0.25, 0.3) is 0 Å². The Morgan fingerprint density at radius 1 is 1.09 bits per heavy atom. The van der Waals surface area contributed by atoms with Gasteiger partial charge in [-0.3, -0.25) is 9.52 Å². The number of hydrogen-bond donors (Lipinski definition) is 2. The van der Waals surface area contributed by atoms with E-state index in [1.54, 1.807) is 0 Å². The van der Waals surface area contributed by atoms with Gasteiger partial charge in [-0.25, -0.2) is 17.2 Å². The molecule has 1 amide bonds. The van der Waals surface area contributed by atoms with E-state index in [0.29, 0.717) is 0 Å². The SMILES string of the molecule is O=C1COc2c(cc(F)cc2NS(=O)(=O)c2ccc(F)cc2)N1. The Morgan fingerprint density at radius 2 is 1.78 bits per heavy atom. The van der Waals surface area contributed by atoms with Crippen molar-refractivity contribution in [2.24, 2.45) is 0 Å². The second-order valence-corrected chi connectivity index (χ2v) is 6.41. The van der Waals surface area contributed by atoms with Crippen molar-refractivity contribution in [3.05, 3.63) is 48.0 Å². The molecule has 6 nitrogen and oxygen atoms in total. The molecule has 3 rings (SSSR count). The Bertz CT molecular complexity index is 882. The van der Waals surface area contributed by atoms with E-state index in [9.17, 15) is 22.0 Å². The minimum Gasteiger partial charge on any atom is -0.479 e. The molecule has 0 saturated carbocycles. The van der Waals surface area contributed by atoms with Crippen molar-refractivity contribution in [2.75, 3.05) is 16.6 Å². The highest BCUT2D eigenvalue weighted by atomic mass is 32.2. The summed E-state index contributed by atoms with van der Waals surface area (Å²) in [7, 11) is -4.07. The Labute approximate surface area is 130 Å². The summed E-state index contributed by atoms with van der Waals surface area (Å²) in [5, 5.41) is 2.39. The number of hydrogen-bond acceptors (Lipinski definition) is 4. The van der Waals surface area contributed by atoms with Crippen molar-refractivity contribution in [1.82, 2.24) is 0 Å².